The average molecular weight is 449 g/mol. The van der Waals surface area contributed by atoms with Gasteiger partial charge >= 0.3 is 0 Å². The molecule has 5 nitrogen and oxygen atoms in total. The number of fused-ring (bicyclic) bond motifs is 1. The number of hydrogen-bond acceptors (Lipinski definition) is 4. The third kappa shape index (κ3) is 4.47. The van der Waals surface area contributed by atoms with Crippen molar-refractivity contribution >= 4 is 21.8 Å². The van der Waals surface area contributed by atoms with Crippen molar-refractivity contribution in [2.75, 3.05) is 26.3 Å². The molecule has 0 spiro atoms. The normalized spacial score (nSPS) is 17.4. The Morgan fingerprint density at radius 2 is 1.75 bits per heavy atom. The van der Waals surface area contributed by atoms with Crippen molar-refractivity contribution in [1.29, 1.82) is 0 Å². The number of ether oxygens (including phenoxy) is 2. The monoisotopic (exact) mass is 448 g/mol. The maximum Gasteiger partial charge on any atom is 0.251 e. The third-order valence-corrected chi connectivity index (χ3v) is 5.87. The number of hydrogen-bond donors (Lipinski definition) is 1. The van der Waals surface area contributed by atoms with Gasteiger partial charge in [0.2, 0.25) is 0 Å². The van der Waals surface area contributed by atoms with Crippen molar-refractivity contribution in [2.45, 2.75) is 25.4 Å². The molecule has 2 aliphatic heterocycles. The second kappa shape index (κ2) is 8.49. The molecule has 2 heterocycles. The molecule has 0 saturated carbocycles. The molecule has 0 atom stereocenters. The first-order valence-corrected chi connectivity index (χ1v) is 10.2. The number of nitrogens with zero attached hydrogens (tertiary/aromatic N) is 1. The Kier molecular flexibility index (Phi) is 5.82. The molecule has 4 rings (SSSR count). The lowest BCUT2D eigenvalue weighted by Crippen LogP contribution is -2.44. The standard InChI is InChI=1S/C21H22BrFN2O3/c22-18-12-20-19(27-9-10-28-20)11-15(18)13-25-7-5-17(6-8-25)24-21(26)14-1-3-16(23)4-2-14/h1-4,11-12,17H,5-10,13H2,(H,24,26). The zero-order chi connectivity index (χ0) is 19.5. The van der Waals surface area contributed by atoms with Crippen LogP contribution in [0.4, 0.5) is 4.39 Å². The van der Waals surface area contributed by atoms with E-state index in [0.717, 1.165) is 54.0 Å². The van der Waals surface area contributed by atoms with Crippen LogP contribution >= 0.6 is 15.9 Å². The molecule has 0 aromatic heterocycles. The van der Waals surface area contributed by atoms with Gasteiger partial charge in [0.25, 0.3) is 5.91 Å². The quantitative estimate of drug-likeness (QED) is 0.773. The van der Waals surface area contributed by atoms with Gasteiger partial charge in [-0.25, -0.2) is 4.39 Å². The highest BCUT2D eigenvalue weighted by Gasteiger charge is 2.23. The van der Waals surface area contributed by atoms with Crippen LogP contribution < -0.4 is 14.8 Å². The fraction of sp³-hybridized carbons (Fsp3) is 0.381. The van der Waals surface area contributed by atoms with Crippen LogP contribution in [0.5, 0.6) is 11.5 Å². The molecular weight excluding hydrogens is 427 g/mol. The number of carbonyl (C=O) groups is 1. The second-order valence-electron chi connectivity index (χ2n) is 7.12. The Bertz CT molecular complexity index is 851. The zero-order valence-corrected chi connectivity index (χ0v) is 17.0. The van der Waals surface area contributed by atoms with Gasteiger partial charge in [-0.05, 0) is 54.8 Å². The van der Waals surface area contributed by atoms with Crippen molar-refractivity contribution in [3.05, 3.63) is 57.8 Å². The van der Waals surface area contributed by atoms with Crippen LogP contribution in [0.3, 0.4) is 0 Å². The summed E-state index contributed by atoms with van der Waals surface area (Å²) < 4.78 is 25.3. The summed E-state index contributed by atoms with van der Waals surface area (Å²) in [6.07, 6.45) is 1.77. The predicted octanol–water partition coefficient (Wildman–Crippen LogP) is 3.75. The van der Waals surface area contributed by atoms with Crippen LogP contribution in [0.25, 0.3) is 0 Å². The van der Waals surface area contributed by atoms with E-state index in [1.165, 1.54) is 24.3 Å². The number of carbonyl (C=O) groups excluding carboxylic acids is 1. The SMILES string of the molecule is O=C(NC1CCN(Cc2cc3c(cc2Br)OCCO3)CC1)c1ccc(F)cc1. The highest BCUT2D eigenvalue weighted by Crippen LogP contribution is 2.36. The highest BCUT2D eigenvalue weighted by atomic mass is 79.9. The smallest absolute Gasteiger partial charge is 0.251 e. The minimum absolute atomic E-state index is 0.137. The van der Waals surface area contributed by atoms with Crippen molar-refractivity contribution in [3.8, 4) is 11.5 Å². The van der Waals surface area contributed by atoms with Crippen molar-refractivity contribution in [3.63, 3.8) is 0 Å². The third-order valence-electron chi connectivity index (χ3n) is 5.13. The summed E-state index contributed by atoms with van der Waals surface area (Å²) in [5.74, 6) is 1.10. The number of nitrogens with one attached hydrogen (secondary N) is 1. The van der Waals surface area contributed by atoms with E-state index in [1.54, 1.807) is 0 Å². The Morgan fingerprint density at radius 1 is 1.11 bits per heavy atom. The number of benzene rings is 2. The van der Waals surface area contributed by atoms with Crippen LogP contribution in [-0.4, -0.2) is 43.2 Å². The number of piperidine rings is 1. The lowest BCUT2D eigenvalue weighted by atomic mass is 10.0. The zero-order valence-electron chi connectivity index (χ0n) is 15.4. The van der Waals surface area contributed by atoms with Gasteiger partial charge in [0, 0.05) is 35.7 Å². The average Bonchev–Trinajstić information content (AvgIpc) is 2.70. The molecule has 1 N–H and O–H groups in total. The van der Waals surface area contributed by atoms with Gasteiger partial charge < -0.3 is 14.8 Å². The van der Waals surface area contributed by atoms with Gasteiger partial charge in [-0.3, -0.25) is 9.69 Å². The molecule has 7 heteroatoms. The van der Waals surface area contributed by atoms with Gasteiger partial charge in [-0.15, -0.1) is 0 Å². The highest BCUT2D eigenvalue weighted by molar-refractivity contribution is 9.10. The molecule has 0 bridgehead atoms. The van der Waals surface area contributed by atoms with Crippen LogP contribution in [0.15, 0.2) is 40.9 Å². The molecule has 1 fully saturated rings. The topological polar surface area (TPSA) is 50.8 Å². The predicted molar refractivity (Wildman–Crippen MR) is 107 cm³/mol. The molecule has 28 heavy (non-hydrogen) atoms. The largest absolute Gasteiger partial charge is 0.486 e. The van der Waals surface area contributed by atoms with Crippen molar-refractivity contribution in [2.24, 2.45) is 0 Å². The molecule has 1 amide bonds. The fourth-order valence-electron chi connectivity index (χ4n) is 3.57. The van der Waals surface area contributed by atoms with E-state index in [1.807, 2.05) is 12.1 Å². The molecule has 0 radical (unpaired) electrons. The van der Waals surface area contributed by atoms with Crippen LogP contribution in [-0.2, 0) is 6.54 Å². The molecule has 2 aromatic carbocycles. The van der Waals surface area contributed by atoms with E-state index in [-0.39, 0.29) is 17.8 Å². The molecule has 2 aromatic rings. The molecule has 0 unspecified atom stereocenters. The first kappa shape index (κ1) is 19.2. The number of halogens is 2. The second-order valence-corrected chi connectivity index (χ2v) is 7.97. The van der Waals surface area contributed by atoms with E-state index in [4.69, 9.17) is 9.47 Å². The summed E-state index contributed by atoms with van der Waals surface area (Å²) in [5.41, 5.74) is 1.65. The summed E-state index contributed by atoms with van der Waals surface area (Å²) in [4.78, 5) is 14.7. The van der Waals surface area contributed by atoms with Crippen LogP contribution in [0.1, 0.15) is 28.8 Å². The number of likely N-dealkylation sites (tertiary alicyclic amines) is 1. The first-order chi connectivity index (χ1) is 13.6. The summed E-state index contributed by atoms with van der Waals surface area (Å²) in [5, 5.41) is 3.06. The molecule has 1 saturated heterocycles. The van der Waals surface area contributed by atoms with E-state index in [9.17, 15) is 9.18 Å². The molecular formula is C21H22BrFN2O3. The lowest BCUT2D eigenvalue weighted by molar-refractivity contribution is 0.0908. The van der Waals surface area contributed by atoms with Gasteiger partial charge in [0.15, 0.2) is 11.5 Å². The maximum atomic E-state index is 13.0. The summed E-state index contributed by atoms with van der Waals surface area (Å²) >= 11 is 3.63. The molecule has 2 aliphatic rings. The van der Waals surface area contributed by atoms with Crippen molar-refractivity contribution in [1.82, 2.24) is 10.2 Å². The number of rotatable bonds is 4. The van der Waals surface area contributed by atoms with Gasteiger partial charge in [-0.1, -0.05) is 15.9 Å². The summed E-state index contributed by atoms with van der Waals surface area (Å²) in [7, 11) is 0. The van der Waals surface area contributed by atoms with Crippen LogP contribution in [0, 0.1) is 5.82 Å². The summed E-state index contributed by atoms with van der Waals surface area (Å²) in [6.45, 7) is 3.77. The van der Waals surface area contributed by atoms with E-state index in [2.05, 4.69) is 26.1 Å². The minimum Gasteiger partial charge on any atom is -0.486 e. The molecule has 0 aliphatic carbocycles. The van der Waals surface area contributed by atoms with E-state index < -0.39 is 0 Å². The van der Waals surface area contributed by atoms with Crippen molar-refractivity contribution < 1.29 is 18.7 Å². The Morgan fingerprint density at radius 3 is 2.43 bits per heavy atom. The fourth-order valence-corrected chi connectivity index (χ4v) is 4.02. The minimum atomic E-state index is -0.338. The Hall–Kier alpha value is -2.12. The van der Waals surface area contributed by atoms with Gasteiger partial charge in [-0.2, -0.15) is 0 Å². The number of amides is 1. The first-order valence-electron chi connectivity index (χ1n) is 9.45. The summed E-state index contributed by atoms with van der Waals surface area (Å²) in [6, 6.07) is 9.79. The Labute approximate surface area is 171 Å². The van der Waals surface area contributed by atoms with Gasteiger partial charge in [0.1, 0.15) is 19.0 Å². The van der Waals surface area contributed by atoms with Gasteiger partial charge in [0.05, 0.1) is 0 Å². The van der Waals surface area contributed by atoms with E-state index in [0.29, 0.717) is 18.8 Å². The lowest BCUT2D eigenvalue weighted by Gasteiger charge is -2.33. The maximum absolute atomic E-state index is 13.0. The molecule has 148 valence electrons. The van der Waals surface area contributed by atoms with Crippen LogP contribution in [0.2, 0.25) is 0 Å². The van der Waals surface area contributed by atoms with E-state index >= 15 is 0 Å². The Balaban J connectivity index is 1.31.